The summed E-state index contributed by atoms with van der Waals surface area (Å²) in [6.07, 6.45) is 8.39. The van der Waals surface area contributed by atoms with Crippen molar-refractivity contribution >= 4 is 11.3 Å². The Kier molecular flexibility index (Phi) is 2.85. The van der Waals surface area contributed by atoms with E-state index < -0.39 is 0 Å². The second-order valence-electron chi connectivity index (χ2n) is 8.68. The van der Waals surface area contributed by atoms with E-state index in [4.69, 9.17) is 5.26 Å². The molecule has 4 saturated carbocycles. The van der Waals surface area contributed by atoms with Gasteiger partial charge in [0.2, 0.25) is 0 Å². The number of nitriles is 1. The molecule has 0 radical (unpaired) electrons. The highest BCUT2D eigenvalue weighted by atomic mass is 32.1. The standard InChI is InChI=1S/C18H24N2S/c1-16-4-14-5-17(2,10-16)12-18(6-14,11-16)20-8-15-3-13(7-19)9-21-15/h3,9,14,20H,4-6,8,10-12H2,1-2H3. The van der Waals surface area contributed by atoms with Crippen LogP contribution in [0.5, 0.6) is 0 Å². The summed E-state index contributed by atoms with van der Waals surface area (Å²) < 4.78 is 0. The zero-order chi connectivity index (χ0) is 14.7. The molecule has 2 nitrogen and oxygen atoms in total. The molecule has 21 heavy (non-hydrogen) atoms. The van der Waals surface area contributed by atoms with Gasteiger partial charge in [0, 0.05) is 22.3 Å². The summed E-state index contributed by atoms with van der Waals surface area (Å²) in [4.78, 5) is 1.30. The van der Waals surface area contributed by atoms with Gasteiger partial charge in [0.1, 0.15) is 6.07 Å². The van der Waals surface area contributed by atoms with Crippen molar-refractivity contribution in [2.45, 2.75) is 64.5 Å². The Bertz CT molecular complexity index is 593. The quantitative estimate of drug-likeness (QED) is 0.894. The molecule has 0 saturated heterocycles. The van der Waals surface area contributed by atoms with E-state index in [-0.39, 0.29) is 0 Å². The summed E-state index contributed by atoms with van der Waals surface area (Å²) in [5.41, 5.74) is 2.30. The lowest BCUT2D eigenvalue weighted by atomic mass is 9.43. The first-order chi connectivity index (χ1) is 9.92. The molecule has 2 unspecified atom stereocenters. The van der Waals surface area contributed by atoms with Crippen LogP contribution in [-0.4, -0.2) is 5.54 Å². The van der Waals surface area contributed by atoms with Crippen molar-refractivity contribution < 1.29 is 0 Å². The van der Waals surface area contributed by atoms with Gasteiger partial charge in [-0.15, -0.1) is 11.3 Å². The van der Waals surface area contributed by atoms with Gasteiger partial charge >= 0.3 is 0 Å². The van der Waals surface area contributed by atoms with E-state index in [9.17, 15) is 0 Å². The molecule has 0 aromatic carbocycles. The molecule has 4 bridgehead atoms. The van der Waals surface area contributed by atoms with E-state index in [0.29, 0.717) is 16.4 Å². The molecule has 4 fully saturated rings. The molecule has 0 spiro atoms. The normalized spacial score (nSPS) is 44.0. The number of nitrogens with one attached hydrogen (secondary N) is 1. The van der Waals surface area contributed by atoms with Crippen molar-refractivity contribution in [1.82, 2.24) is 5.32 Å². The van der Waals surface area contributed by atoms with Crippen molar-refractivity contribution in [1.29, 1.82) is 5.26 Å². The molecule has 2 atom stereocenters. The Hall–Kier alpha value is -0.850. The molecule has 112 valence electrons. The van der Waals surface area contributed by atoms with E-state index in [1.54, 1.807) is 11.3 Å². The first-order valence-electron chi connectivity index (χ1n) is 8.14. The molecular weight excluding hydrogens is 276 g/mol. The van der Waals surface area contributed by atoms with E-state index in [0.717, 1.165) is 18.0 Å². The molecule has 1 N–H and O–H groups in total. The Morgan fingerprint density at radius 1 is 1.24 bits per heavy atom. The number of hydrogen-bond donors (Lipinski definition) is 1. The van der Waals surface area contributed by atoms with Crippen LogP contribution in [0.2, 0.25) is 0 Å². The minimum Gasteiger partial charge on any atom is -0.306 e. The summed E-state index contributed by atoms with van der Waals surface area (Å²) in [7, 11) is 0. The third-order valence-electron chi connectivity index (χ3n) is 6.05. The highest BCUT2D eigenvalue weighted by Crippen LogP contribution is 2.66. The zero-order valence-electron chi connectivity index (χ0n) is 13.0. The lowest BCUT2D eigenvalue weighted by molar-refractivity contribution is -0.118. The second kappa shape index (κ2) is 4.33. The van der Waals surface area contributed by atoms with Crippen LogP contribution in [0.4, 0.5) is 0 Å². The molecule has 0 amide bonds. The van der Waals surface area contributed by atoms with Crippen LogP contribution in [-0.2, 0) is 6.54 Å². The topological polar surface area (TPSA) is 35.8 Å². The third kappa shape index (κ3) is 2.33. The summed E-state index contributed by atoms with van der Waals surface area (Å²) in [6, 6.07) is 4.28. The maximum Gasteiger partial charge on any atom is 0.100 e. The van der Waals surface area contributed by atoms with Crippen LogP contribution in [0.1, 0.15) is 62.8 Å². The van der Waals surface area contributed by atoms with Crippen LogP contribution in [0.15, 0.2) is 11.4 Å². The monoisotopic (exact) mass is 300 g/mol. The fraction of sp³-hybridized carbons (Fsp3) is 0.722. The summed E-state index contributed by atoms with van der Waals surface area (Å²) in [5, 5.41) is 14.9. The molecule has 1 aromatic rings. The van der Waals surface area contributed by atoms with Crippen LogP contribution in [0, 0.1) is 28.1 Å². The van der Waals surface area contributed by atoms with Gasteiger partial charge in [-0.2, -0.15) is 5.26 Å². The fourth-order valence-corrected chi connectivity index (χ4v) is 7.20. The van der Waals surface area contributed by atoms with Crippen molar-refractivity contribution in [3.8, 4) is 6.07 Å². The maximum absolute atomic E-state index is 8.95. The molecule has 4 aliphatic carbocycles. The highest BCUT2D eigenvalue weighted by molar-refractivity contribution is 7.10. The average molecular weight is 300 g/mol. The molecule has 0 aliphatic heterocycles. The Balaban J connectivity index is 1.53. The molecule has 5 rings (SSSR count). The predicted octanol–water partition coefficient (Wildman–Crippen LogP) is 4.46. The number of rotatable bonds is 3. The number of thiophene rings is 1. The lowest BCUT2D eigenvalue weighted by Crippen LogP contribution is -2.63. The van der Waals surface area contributed by atoms with Gasteiger partial charge in [-0.25, -0.2) is 0 Å². The Morgan fingerprint density at radius 2 is 1.95 bits per heavy atom. The van der Waals surface area contributed by atoms with E-state index in [1.807, 2.05) is 11.4 Å². The van der Waals surface area contributed by atoms with Crippen LogP contribution >= 0.6 is 11.3 Å². The largest absolute Gasteiger partial charge is 0.306 e. The molecular formula is C18H24N2S. The lowest BCUT2D eigenvalue weighted by Gasteiger charge is -2.65. The van der Waals surface area contributed by atoms with Crippen LogP contribution in [0.25, 0.3) is 0 Å². The Labute approximate surface area is 131 Å². The molecule has 1 heterocycles. The molecule has 3 heteroatoms. The summed E-state index contributed by atoms with van der Waals surface area (Å²) >= 11 is 1.72. The SMILES string of the molecule is CC12CC3CC(C)(C1)CC(NCc1cc(C#N)cs1)(C3)C2. The average Bonchev–Trinajstić information content (AvgIpc) is 2.80. The van der Waals surface area contributed by atoms with Crippen LogP contribution < -0.4 is 5.32 Å². The zero-order valence-corrected chi connectivity index (χ0v) is 13.9. The first kappa shape index (κ1) is 13.8. The Morgan fingerprint density at radius 3 is 2.52 bits per heavy atom. The van der Waals surface area contributed by atoms with Gasteiger partial charge in [-0.1, -0.05) is 13.8 Å². The smallest absolute Gasteiger partial charge is 0.100 e. The fourth-order valence-electron chi connectivity index (χ4n) is 6.45. The summed E-state index contributed by atoms with van der Waals surface area (Å²) in [5.74, 6) is 0.932. The van der Waals surface area contributed by atoms with E-state index in [1.165, 1.54) is 43.4 Å². The third-order valence-corrected chi connectivity index (χ3v) is 6.98. The van der Waals surface area contributed by atoms with E-state index >= 15 is 0 Å². The van der Waals surface area contributed by atoms with Gasteiger partial charge in [0.05, 0.1) is 5.56 Å². The molecule has 4 aliphatic rings. The minimum absolute atomic E-state index is 0.361. The van der Waals surface area contributed by atoms with Crippen LogP contribution in [0.3, 0.4) is 0 Å². The van der Waals surface area contributed by atoms with Gasteiger partial charge < -0.3 is 5.32 Å². The van der Waals surface area contributed by atoms with Gasteiger partial charge in [-0.05, 0) is 61.3 Å². The number of nitrogens with zero attached hydrogens (tertiary/aromatic N) is 1. The van der Waals surface area contributed by atoms with Gasteiger partial charge in [0.15, 0.2) is 0 Å². The van der Waals surface area contributed by atoms with Crippen molar-refractivity contribution in [3.05, 3.63) is 21.9 Å². The van der Waals surface area contributed by atoms with Gasteiger partial charge in [-0.3, -0.25) is 0 Å². The predicted molar refractivity (Wildman–Crippen MR) is 86.0 cm³/mol. The van der Waals surface area contributed by atoms with Crippen molar-refractivity contribution in [2.24, 2.45) is 16.7 Å². The first-order valence-corrected chi connectivity index (χ1v) is 9.02. The maximum atomic E-state index is 8.95. The second-order valence-corrected chi connectivity index (χ2v) is 9.67. The van der Waals surface area contributed by atoms with Crippen molar-refractivity contribution in [3.63, 3.8) is 0 Å². The summed E-state index contributed by atoms with van der Waals surface area (Å²) in [6.45, 7) is 5.97. The number of hydrogen-bond acceptors (Lipinski definition) is 3. The highest BCUT2D eigenvalue weighted by Gasteiger charge is 2.59. The van der Waals surface area contributed by atoms with Crippen molar-refractivity contribution in [2.75, 3.05) is 0 Å². The minimum atomic E-state index is 0.361. The van der Waals surface area contributed by atoms with Gasteiger partial charge in [0.25, 0.3) is 0 Å². The molecule has 1 aromatic heterocycles. The van der Waals surface area contributed by atoms with E-state index in [2.05, 4.69) is 25.2 Å².